The second-order valence-corrected chi connectivity index (χ2v) is 7.01. The molecule has 0 radical (unpaired) electrons. The second kappa shape index (κ2) is 8.19. The van der Waals surface area contributed by atoms with Gasteiger partial charge in [-0.2, -0.15) is 0 Å². The maximum atomic E-state index is 12.7. The lowest BCUT2D eigenvalue weighted by molar-refractivity contribution is -0.116. The van der Waals surface area contributed by atoms with Crippen LogP contribution < -0.4 is 15.0 Å². The van der Waals surface area contributed by atoms with Gasteiger partial charge in [-0.1, -0.05) is 24.3 Å². The van der Waals surface area contributed by atoms with E-state index < -0.39 is 0 Å². The zero-order valence-electron chi connectivity index (χ0n) is 16.2. The number of fused-ring (bicyclic) bond motifs is 1. The van der Waals surface area contributed by atoms with E-state index in [9.17, 15) is 9.59 Å². The lowest BCUT2D eigenvalue weighted by atomic mass is 10.0. The van der Waals surface area contributed by atoms with Crippen molar-refractivity contribution in [2.75, 3.05) is 16.8 Å². The van der Waals surface area contributed by atoms with E-state index in [4.69, 9.17) is 4.74 Å². The molecule has 3 aromatic rings. The topological polar surface area (TPSA) is 58.6 Å². The minimum absolute atomic E-state index is 0.0398. The Labute approximate surface area is 169 Å². The highest BCUT2D eigenvalue weighted by Crippen LogP contribution is 2.30. The molecule has 29 heavy (non-hydrogen) atoms. The fourth-order valence-electron chi connectivity index (χ4n) is 3.53. The standard InChI is InChI=1S/C24H22N2O3/c1-17(27)26-14-6-8-18-15-20(12-13-23(18)26)25-24(28)19-7-5-11-22(16-19)29-21-9-3-2-4-10-21/h2-5,7,9-13,15-16H,6,8,14H2,1H3,(H,25,28). The molecule has 0 bridgehead atoms. The van der Waals surface area contributed by atoms with Crippen LogP contribution in [0, 0.1) is 0 Å². The molecule has 0 aromatic heterocycles. The van der Waals surface area contributed by atoms with Crippen molar-refractivity contribution >= 4 is 23.2 Å². The van der Waals surface area contributed by atoms with Gasteiger partial charge in [-0.15, -0.1) is 0 Å². The number of rotatable bonds is 4. The summed E-state index contributed by atoms with van der Waals surface area (Å²) in [6.07, 6.45) is 1.81. The van der Waals surface area contributed by atoms with Gasteiger partial charge in [0.25, 0.3) is 5.91 Å². The Hall–Kier alpha value is -3.60. The van der Waals surface area contributed by atoms with Gasteiger partial charge in [-0.25, -0.2) is 0 Å². The molecule has 0 aliphatic carbocycles. The van der Waals surface area contributed by atoms with Gasteiger partial charge in [0.15, 0.2) is 0 Å². The molecule has 146 valence electrons. The van der Waals surface area contributed by atoms with E-state index in [0.717, 1.165) is 36.4 Å². The predicted octanol–water partition coefficient (Wildman–Crippen LogP) is 5.03. The molecule has 0 fully saturated rings. The van der Waals surface area contributed by atoms with E-state index in [-0.39, 0.29) is 11.8 Å². The number of ether oxygens (including phenoxy) is 1. The Morgan fingerprint density at radius 3 is 2.52 bits per heavy atom. The number of hydrogen-bond acceptors (Lipinski definition) is 3. The van der Waals surface area contributed by atoms with Gasteiger partial charge >= 0.3 is 0 Å². The summed E-state index contributed by atoms with van der Waals surface area (Å²) < 4.78 is 5.81. The maximum Gasteiger partial charge on any atom is 0.255 e. The zero-order valence-corrected chi connectivity index (χ0v) is 16.2. The summed E-state index contributed by atoms with van der Waals surface area (Å²) in [5.74, 6) is 1.15. The fourth-order valence-corrected chi connectivity index (χ4v) is 3.53. The van der Waals surface area contributed by atoms with E-state index in [1.54, 1.807) is 30.0 Å². The highest BCUT2D eigenvalue weighted by molar-refractivity contribution is 6.04. The van der Waals surface area contributed by atoms with Crippen molar-refractivity contribution < 1.29 is 14.3 Å². The SMILES string of the molecule is CC(=O)N1CCCc2cc(NC(=O)c3cccc(Oc4ccccc4)c3)ccc21. The van der Waals surface area contributed by atoms with Crippen LogP contribution >= 0.6 is 0 Å². The number of nitrogens with zero attached hydrogens (tertiary/aromatic N) is 1. The normalized spacial score (nSPS) is 12.8. The van der Waals surface area contributed by atoms with Gasteiger partial charge in [-0.3, -0.25) is 9.59 Å². The summed E-state index contributed by atoms with van der Waals surface area (Å²) >= 11 is 0. The molecule has 1 N–H and O–H groups in total. The fraction of sp³-hybridized carbons (Fsp3) is 0.167. The average Bonchev–Trinajstić information content (AvgIpc) is 2.74. The second-order valence-electron chi connectivity index (χ2n) is 7.01. The van der Waals surface area contributed by atoms with E-state index in [0.29, 0.717) is 17.0 Å². The van der Waals surface area contributed by atoms with Crippen LogP contribution in [-0.4, -0.2) is 18.4 Å². The number of benzene rings is 3. The molecule has 0 saturated carbocycles. The van der Waals surface area contributed by atoms with Crippen LogP contribution in [0.3, 0.4) is 0 Å². The molecule has 5 heteroatoms. The van der Waals surface area contributed by atoms with Crippen LogP contribution in [-0.2, 0) is 11.2 Å². The molecule has 5 nitrogen and oxygen atoms in total. The summed E-state index contributed by atoms with van der Waals surface area (Å²) in [4.78, 5) is 26.3. The summed E-state index contributed by atoms with van der Waals surface area (Å²) in [5.41, 5.74) is 3.24. The van der Waals surface area contributed by atoms with E-state index in [1.807, 2.05) is 54.6 Å². The number of anilines is 2. The zero-order chi connectivity index (χ0) is 20.2. The smallest absolute Gasteiger partial charge is 0.255 e. The first-order valence-corrected chi connectivity index (χ1v) is 9.65. The summed E-state index contributed by atoms with van der Waals surface area (Å²) in [6.45, 7) is 2.32. The van der Waals surface area contributed by atoms with Gasteiger partial charge in [-0.05, 0) is 66.9 Å². The highest BCUT2D eigenvalue weighted by Gasteiger charge is 2.20. The number of amides is 2. The molecule has 0 spiro atoms. The number of aryl methyl sites for hydroxylation is 1. The number of para-hydroxylation sites is 1. The third kappa shape index (κ3) is 4.29. The summed E-state index contributed by atoms with van der Waals surface area (Å²) in [7, 11) is 0. The number of carbonyl (C=O) groups is 2. The van der Waals surface area contributed by atoms with Gasteiger partial charge in [0.1, 0.15) is 11.5 Å². The lowest BCUT2D eigenvalue weighted by Gasteiger charge is -2.29. The van der Waals surface area contributed by atoms with Crippen molar-refractivity contribution in [1.82, 2.24) is 0 Å². The van der Waals surface area contributed by atoms with Crippen molar-refractivity contribution in [3.8, 4) is 11.5 Å². The quantitative estimate of drug-likeness (QED) is 0.684. The van der Waals surface area contributed by atoms with E-state index in [1.165, 1.54) is 0 Å². The number of hydrogen-bond donors (Lipinski definition) is 1. The maximum absolute atomic E-state index is 12.7. The van der Waals surface area contributed by atoms with Crippen molar-refractivity contribution in [2.45, 2.75) is 19.8 Å². The molecule has 1 aliphatic heterocycles. The van der Waals surface area contributed by atoms with Crippen LogP contribution in [0.15, 0.2) is 72.8 Å². The molecule has 1 heterocycles. The van der Waals surface area contributed by atoms with Crippen molar-refractivity contribution in [2.24, 2.45) is 0 Å². The molecular weight excluding hydrogens is 364 g/mol. The van der Waals surface area contributed by atoms with Gasteiger partial charge < -0.3 is 15.0 Å². The Bertz CT molecular complexity index is 1050. The van der Waals surface area contributed by atoms with Crippen LogP contribution in [0.4, 0.5) is 11.4 Å². The first-order chi connectivity index (χ1) is 14.1. The van der Waals surface area contributed by atoms with Gasteiger partial charge in [0, 0.05) is 30.4 Å². The van der Waals surface area contributed by atoms with Crippen molar-refractivity contribution in [3.63, 3.8) is 0 Å². The Morgan fingerprint density at radius 2 is 1.72 bits per heavy atom. The van der Waals surface area contributed by atoms with E-state index >= 15 is 0 Å². The molecule has 0 unspecified atom stereocenters. The van der Waals surface area contributed by atoms with Crippen LogP contribution in [0.25, 0.3) is 0 Å². The van der Waals surface area contributed by atoms with Gasteiger partial charge in [0.2, 0.25) is 5.91 Å². The Balaban J connectivity index is 1.50. The van der Waals surface area contributed by atoms with Crippen LogP contribution in [0.1, 0.15) is 29.3 Å². The first-order valence-electron chi connectivity index (χ1n) is 9.65. The minimum Gasteiger partial charge on any atom is -0.457 e. The summed E-state index contributed by atoms with van der Waals surface area (Å²) in [5, 5.41) is 2.95. The summed E-state index contributed by atoms with van der Waals surface area (Å²) in [6, 6.07) is 22.2. The molecule has 0 atom stereocenters. The van der Waals surface area contributed by atoms with Gasteiger partial charge in [0.05, 0.1) is 0 Å². The average molecular weight is 386 g/mol. The molecule has 4 rings (SSSR count). The molecule has 0 saturated heterocycles. The molecule has 3 aromatic carbocycles. The van der Waals surface area contributed by atoms with Crippen LogP contribution in [0.5, 0.6) is 11.5 Å². The predicted molar refractivity (Wildman–Crippen MR) is 114 cm³/mol. The molecule has 1 aliphatic rings. The van der Waals surface area contributed by atoms with Crippen LogP contribution in [0.2, 0.25) is 0 Å². The molecule has 2 amide bonds. The monoisotopic (exact) mass is 386 g/mol. The largest absolute Gasteiger partial charge is 0.457 e. The Morgan fingerprint density at radius 1 is 0.931 bits per heavy atom. The highest BCUT2D eigenvalue weighted by atomic mass is 16.5. The first kappa shape index (κ1) is 18.7. The van der Waals surface area contributed by atoms with Crippen molar-refractivity contribution in [1.29, 1.82) is 0 Å². The number of nitrogens with one attached hydrogen (secondary N) is 1. The Kier molecular flexibility index (Phi) is 5.29. The van der Waals surface area contributed by atoms with E-state index in [2.05, 4.69) is 5.32 Å². The lowest BCUT2D eigenvalue weighted by Crippen LogP contribution is -2.33. The minimum atomic E-state index is -0.206. The van der Waals surface area contributed by atoms with Crippen molar-refractivity contribution in [3.05, 3.63) is 83.9 Å². The third-order valence-electron chi connectivity index (χ3n) is 4.91. The molecular formula is C24H22N2O3. The number of carbonyl (C=O) groups excluding carboxylic acids is 2. The third-order valence-corrected chi connectivity index (χ3v) is 4.91.